The maximum absolute atomic E-state index is 12.4. The fraction of sp³-hybridized carbons (Fsp3) is 0.136. The molecule has 0 spiro atoms. The molecule has 0 unspecified atom stereocenters. The minimum Gasteiger partial charge on any atom is -0.462 e. The molecule has 0 fully saturated rings. The highest BCUT2D eigenvalue weighted by Crippen LogP contribution is 2.43. The Labute approximate surface area is 157 Å². The number of nitrogens with zero attached hydrogens (tertiary/aromatic N) is 2. The predicted molar refractivity (Wildman–Crippen MR) is 105 cm³/mol. The van der Waals surface area contributed by atoms with Crippen molar-refractivity contribution < 1.29 is 9.53 Å². The maximum Gasteiger partial charge on any atom is 0.338 e. The molecule has 0 bridgehead atoms. The number of nitrogens with one attached hydrogen (secondary N) is 1. The number of aromatic amines is 1. The summed E-state index contributed by atoms with van der Waals surface area (Å²) in [5.74, 6) is -0.225. The molecule has 1 N–H and O–H groups in total. The molecule has 5 rings (SSSR count). The fourth-order valence-corrected chi connectivity index (χ4v) is 3.55. The SMILES string of the molecule is CCOC(=O)c1cc2ccccc2c2c1Cc1ccccc1-2.c1cn[nH]n1. The zero-order chi connectivity index (χ0) is 18.6. The lowest BCUT2D eigenvalue weighted by Crippen LogP contribution is -2.08. The van der Waals surface area contributed by atoms with Crippen LogP contribution in [0, 0.1) is 0 Å². The Bertz CT molecular complexity index is 1070. The standard InChI is InChI=1S/C20H16O2.C2H3N3/c1-2-22-20(21)18-12-14-8-4-6-10-16(14)19-15-9-5-3-7-13(15)11-17(18)19;1-2-4-5-3-1/h3-10,12H,2,11H2,1H3;1-2H,(H,3,4,5). The lowest BCUT2D eigenvalue weighted by Gasteiger charge is -2.12. The molecular formula is C22H19N3O2. The first kappa shape index (κ1) is 17.0. The lowest BCUT2D eigenvalue weighted by molar-refractivity contribution is 0.0525. The van der Waals surface area contributed by atoms with E-state index in [-0.39, 0.29) is 5.97 Å². The van der Waals surface area contributed by atoms with E-state index < -0.39 is 0 Å². The van der Waals surface area contributed by atoms with Gasteiger partial charge in [-0.1, -0.05) is 48.5 Å². The van der Waals surface area contributed by atoms with Crippen molar-refractivity contribution in [2.75, 3.05) is 6.61 Å². The Balaban J connectivity index is 0.000000314. The zero-order valence-electron chi connectivity index (χ0n) is 15.0. The van der Waals surface area contributed by atoms with E-state index in [1.54, 1.807) is 12.4 Å². The molecule has 3 aromatic carbocycles. The molecule has 1 heterocycles. The van der Waals surface area contributed by atoms with Gasteiger partial charge < -0.3 is 4.74 Å². The van der Waals surface area contributed by atoms with Crippen molar-refractivity contribution in [3.05, 3.63) is 83.7 Å². The monoisotopic (exact) mass is 357 g/mol. The van der Waals surface area contributed by atoms with Gasteiger partial charge in [0.15, 0.2) is 0 Å². The van der Waals surface area contributed by atoms with Crippen LogP contribution in [0.1, 0.15) is 28.4 Å². The largest absolute Gasteiger partial charge is 0.462 e. The predicted octanol–water partition coefficient (Wildman–Crippen LogP) is 4.39. The van der Waals surface area contributed by atoms with Gasteiger partial charge in [-0.05, 0) is 52.4 Å². The average Bonchev–Trinajstić information content (AvgIpc) is 3.39. The van der Waals surface area contributed by atoms with Gasteiger partial charge in [0.2, 0.25) is 0 Å². The number of H-pyrrole nitrogens is 1. The molecule has 1 aliphatic carbocycles. The van der Waals surface area contributed by atoms with Gasteiger partial charge in [-0.15, -0.1) is 0 Å². The highest BCUT2D eigenvalue weighted by Gasteiger charge is 2.26. The lowest BCUT2D eigenvalue weighted by atomic mass is 9.94. The molecule has 0 atom stereocenters. The van der Waals surface area contributed by atoms with Crippen molar-refractivity contribution >= 4 is 16.7 Å². The van der Waals surface area contributed by atoms with E-state index in [9.17, 15) is 4.79 Å². The minimum absolute atomic E-state index is 0.225. The van der Waals surface area contributed by atoms with E-state index in [1.165, 1.54) is 22.1 Å². The summed E-state index contributed by atoms with van der Waals surface area (Å²) in [5.41, 5.74) is 5.50. The highest BCUT2D eigenvalue weighted by atomic mass is 16.5. The van der Waals surface area contributed by atoms with Crippen LogP contribution in [0.4, 0.5) is 0 Å². The van der Waals surface area contributed by atoms with E-state index in [4.69, 9.17) is 4.74 Å². The van der Waals surface area contributed by atoms with Crippen LogP contribution < -0.4 is 0 Å². The second-order valence-electron chi connectivity index (χ2n) is 6.21. The Morgan fingerprint density at radius 2 is 1.81 bits per heavy atom. The van der Waals surface area contributed by atoms with E-state index in [1.807, 2.05) is 25.1 Å². The number of carbonyl (C=O) groups is 1. The number of esters is 1. The Hall–Kier alpha value is -3.47. The molecular weight excluding hydrogens is 338 g/mol. The normalized spacial score (nSPS) is 11.3. The Morgan fingerprint density at radius 1 is 1.07 bits per heavy atom. The van der Waals surface area contributed by atoms with E-state index >= 15 is 0 Å². The van der Waals surface area contributed by atoms with Crippen molar-refractivity contribution in [1.82, 2.24) is 15.4 Å². The van der Waals surface area contributed by atoms with Gasteiger partial charge in [0, 0.05) is 0 Å². The highest BCUT2D eigenvalue weighted by molar-refractivity contribution is 6.07. The van der Waals surface area contributed by atoms with Crippen molar-refractivity contribution in [2.24, 2.45) is 0 Å². The van der Waals surface area contributed by atoms with Crippen LogP contribution in [0.2, 0.25) is 0 Å². The van der Waals surface area contributed by atoms with Crippen LogP contribution in [0.25, 0.3) is 21.9 Å². The molecule has 0 aliphatic heterocycles. The van der Waals surface area contributed by atoms with E-state index in [2.05, 4.69) is 51.8 Å². The van der Waals surface area contributed by atoms with Crippen molar-refractivity contribution in [2.45, 2.75) is 13.3 Å². The quantitative estimate of drug-likeness (QED) is 0.476. The summed E-state index contributed by atoms with van der Waals surface area (Å²) < 4.78 is 5.26. The number of carbonyl (C=O) groups excluding carboxylic acids is 1. The third-order valence-corrected chi connectivity index (χ3v) is 4.64. The molecule has 0 saturated carbocycles. The molecule has 5 nitrogen and oxygen atoms in total. The van der Waals surface area contributed by atoms with Gasteiger partial charge in [-0.2, -0.15) is 15.4 Å². The smallest absolute Gasteiger partial charge is 0.338 e. The number of rotatable bonds is 2. The third kappa shape index (κ3) is 3.19. The number of hydrogen-bond acceptors (Lipinski definition) is 4. The molecule has 1 aromatic heterocycles. The summed E-state index contributed by atoms with van der Waals surface area (Å²) in [5, 5.41) is 11.6. The minimum atomic E-state index is -0.225. The summed E-state index contributed by atoms with van der Waals surface area (Å²) in [6.45, 7) is 2.24. The van der Waals surface area contributed by atoms with Gasteiger partial charge in [-0.3, -0.25) is 0 Å². The third-order valence-electron chi connectivity index (χ3n) is 4.64. The Morgan fingerprint density at radius 3 is 2.56 bits per heavy atom. The fourth-order valence-electron chi connectivity index (χ4n) is 3.55. The van der Waals surface area contributed by atoms with Gasteiger partial charge in [-0.25, -0.2) is 4.79 Å². The molecule has 1 aliphatic rings. The van der Waals surface area contributed by atoms with Gasteiger partial charge in [0.25, 0.3) is 0 Å². The molecule has 0 saturated heterocycles. The number of ether oxygens (including phenoxy) is 1. The Kier molecular flexibility index (Phi) is 4.66. The van der Waals surface area contributed by atoms with Crippen LogP contribution in [-0.4, -0.2) is 28.0 Å². The molecule has 4 aromatic rings. The summed E-state index contributed by atoms with van der Waals surface area (Å²) in [6.07, 6.45) is 3.96. The van der Waals surface area contributed by atoms with Gasteiger partial charge in [0.05, 0.1) is 24.6 Å². The zero-order valence-corrected chi connectivity index (χ0v) is 15.0. The first-order valence-electron chi connectivity index (χ1n) is 8.89. The summed E-state index contributed by atoms with van der Waals surface area (Å²) in [6, 6.07) is 18.6. The number of aromatic nitrogens is 3. The van der Waals surface area contributed by atoms with Crippen molar-refractivity contribution in [3.8, 4) is 11.1 Å². The van der Waals surface area contributed by atoms with Crippen LogP contribution in [0.3, 0.4) is 0 Å². The average molecular weight is 357 g/mol. The topological polar surface area (TPSA) is 67.9 Å². The van der Waals surface area contributed by atoms with Crippen LogP contribution >= 0.6 is 0 Å². The number of benzene rings is 3. The van der Waals surface area contributed by atoms with Crippen LogP contribution in [-0.2, 0) is 11.2 Å². The summed E-state index contributed by atoms with van der Waals surface area (Å²) in [4.78, 5) is 12.4. The maximum atomic E-state index is 12.4. The molecule has 27 heavy (non-hydrogen) atoms. The van der Waals surface area contributed by atoms with Gasteiger partial charge >= 0.3 is 5.97 Å². The first-order valence-corrected chi connectivity index (χ1v) is 8.89. The molecule has 5 heteroatoms. The number of hydrogen-bond donors (Lipinski definition) is 1. The second-order valence-corrected chi connectivity index (χ2v) is 6.21. The van der Waals surface area contributed by atoms with E-state index in [0.29, 0.717) is 12.2 Å². The summed E-state index contributed by atoms with van der Waals surface area (Å²) >= 11 is 0. The molecule has 0 radical (unpaired) electrons. The van der Waals surface area contributed by atoms with Crippen LogP contribution in [0.15, 0.2) is 67.0 Å². The molecule has 0 amide bonds. The first-order chi connectivity index (χ1) is 13.3. The molecule has 134 valence electrons. The van der Waals surface area contributed by atoms with Crippen molar-refractivity contribution in [3.63, 3.8) is 0 Å². The summed E-state index contributed by atoms with van der Waals surface area (Å²) in [7, 11) is 0. The van der Waals surface area contributed by atoms with Gasteiger partial charge in [0.1, 0.15) is 0 Å². The number of fused-ring (bicyclic) bond motifs is 5. The van der Waals surface area contributed by atoms with Crippen molar-refractivity contribution in [1.29, 1.82) is 0 Å². The second kappa shape index (κ2) is 7.41. The van der Waals surface area contributed by atoms with Crippen LogP contribution in [0.5, 0.6) is 0 Å². The van der Waals surface area contributed by atoms with E-state index in [0.717, 1.165) is 17.4 Å².